The van der Waals surface area contributed by atoms with Crippen molar-refractivity contribution in [2.45, 2.75) is 26.7 Å². The molecule has 4 heteroatoms. The Hall–Kier alpha value is -1.97. The summed E-state index contributed by atoms with van der Waals surface area (Å²) < 4.78 is 0. The van der Waals surface area contributed by atoms with Gasteiger partial charge in [0.05, 0.1) is 5.56 Å². The molecule has 1 aromatic carbocycles. The number of hydrogen-bond acceptors (Lipinski definition) is 2. The predicted molar refractivity (Wildman–Crippen MR) is 79.1 cm³/mol. The molecule has 2 rings (SSSR count). The van der Waals surface area contributed by atoms with Crippen LogP contribution in [0.5, 0.6) is 0 Å². The molecule has 0 aliphatic heterocycles. The van der Waals surface area contributed by atoms with Crippen molar-refractivity contribution in [1.82, 2.24) is 10.3 Å². The standard InChI is InChI=1S/C15H21N3O/c1-3-10(4-2)8-18-15(19)13-9-17-14-7-11(16)5-6-12(13)14/h5-7,9-10,17H,3-4,8,16H2,1-2H3,(H,18,19). The first-order chi connectivity index (χ1) is 9.15. The Balaban J connectivity index is 2.13. The van der Waals surface area contributed by atoms with Gasteiger partial charge in [-0.05, 0) is 24.1 Å². The van der Waals surface area contributed by atoms with Crippen molar-refractivity contribution in [2.24, 2.45) is 5.92 Å². The molecule has 0 saturated carbocycles. The van der Waals surface area contributed by atoms with Crippen molar-refractivity contribution in [3.8, 4) is 0 Å². The number of H-pyrrole nitrogens is 1. The summed E-state index contributed by atoms with van der Waals surface area (Å²) in [6.07, 6.45) is 3.91. The van der Waals surface area contributed by atoms with Gasteiger partial charge in [0.15, 0.2) is 0 Å². The number of nitrogens with one attached hydrogen (secondary N) is 2. The van der Waals surface area contributed by atoms with Crippen molar-refractivity contribution in [3.05, 3.63) is 30.0 Å². The van der Waals surface area contributed by atoms with E-state index in [0.29, 0.717) is 17.2 Å². The minimum atomic E-state index is -0.0251. The third-order valence-corrected chi connectivity index (χ3v) is 3.66. The molecule has 0 fully saturated rings. The average Bonchev–Trinajstić information content (AvgIpc) is 2.82. The first-order valence-corrected chi connectivity index (χ1v) is 6.80. The third kappa shape index (κ3) is 2.89. The molecule has 19 heavy (non-hydrogen) atoms. The fourth-order valence-corrected chi connectivity index (χ4v) is 2.24. The molecule has 0 saturated heterocycles. The van der Waals surface area contributed by atoms with Crippen LogP contribution in [0.2, 0.25) is 0 Å². The zero-order valence-electron chi connectivity index (χ0n) is 11.5. The summed E-state index contributed by atoms with van der Waals surface area (Å²) in [7, 11) is 0. The molecule has 0 radical (unpaired) electrons. The number of carbonyl (C=O) groups is 1. The number of carbonyl (C=O) groups excluding carboxylic acids is 1. The minimum Gasteiger partial charge on any atom is -0.399 e. The van der Waals surface area contributed by atoms with E-state index in [-0.39, 0.29) is 5.91 Å². The molecule has 2 aromatic rings. The van der Waals surface area contributed by atoms with Gasteiger partial charge in [0.25, 0.3) is 5.91 Å². The van der Waals surface area contributed by atoms with Crippen molar-refractivity contribution in [2.75, 3.05) is 12.3 Å². The summed E-state index contributed by atoms with van der Waals surface area (Å²) in [4.78, 5) is 15.3. The van der Waals surface area contributed by atoms with Gasteiger partial charge in [-0.1, -0.05) is 26.7 Å². The lowest BCUT2D eigenvalue weighted by molar-refractivity contribution is 0.0948. The maximum Gasteiger partial charge on any atom is 0.253 e. The average molecular weight is 259 g/mol. The lowest BCUT2D eigenvalue weighted by atomic mass is 10.0. The first-order valence-electron chi connectivity index (χ1n) is 6.80. The van der Waals surface area contributed by atoms with Crippen LogP contribution in [-0.2, 0) is 0 Å². The summed E-state index contributed by atoms with van der Waals surface area (Å²) in [5, 5.41) is 3.92. The highest BCUT2D eigenvalue weighted by Crippen LogP contribution is 2.20. The van der Waals surface area contributed by atoms with Crippen LogP contribution in [0, 0.1) is 5.92 Å². The van der Waals surface area contributed by atoms with E-state index < -0.39 is 0 Å². The monoisotopic (exact) mass is 259 g/mol. The zero-order valence-corrected chi connectivity index (χ0v) is 11.5. The molecule has 0 bridgehead atoms. The van der Waals surface area contributed by atoms with Crippen LogP contribution in [0.1, 0.15) is 37.0 Å². The van der Waals surface area contributed by atoms with Crippen LogP contribution in [0.3, 0.4) is 0 Å². The number of amides is 1. The van der Waals surface area contributed by atoms with E-state index in [0.717, 1.165) is 30.3 Å². The Labute approximate surface area is 113 Å². The van der Waals surface area contributed by atoms with Crippen LogP contribution in [0.25, 0.3) is 10.9 Å². The highest BCUT2D eigenvalue weighted by atomic mass is 16.1. The van der Waals surface area contributed by atoms with Gasteiger partial charge in [0, 0.05) is 29.3 Å². The molecule has 4 nitrogen and oxygen atoms in total. The molecule has 1 amide bonds. The van der Waals surface area contributed by atoms with Gasteiger partial charge < -0.3 is 16.0 Å². The quantitative estimate of drug-likeness (QED) is 0.722. The van der Waals surface area contributed by atoms with Crippen molar-refractivity contribution < 1.29 is 4.79 Å². The summed E-state index contributed by atoms with van der Waals surface area (Å²) in [6.45, 7) is 5.02. The topological polar surface area (TPSA) is 70.9 Å². The molecule has 1 aromatic heterocycles. The Bertz CT molecular complexity index is 570. The molecule has 0 unspecified atom stereocenters. The van der Waals surface area contributed by atoms with Gasteiger partial charge in [-0.3, -0.25) is 4.79 Å². The van der Waals surface area contributed by atoms with E-state index in [1.807, 2.05) is 18.2 Å². The number of aromatic nitrogens is 1. The van der Waals surface area contributed by atoms with Gasteiger partial charge >= 0.3 is 0 Å². The number of benzene rings is 1. The van der Waals surface area contributed by atoms with E-state index >= 15 is 0 Å². The lowest BCUT2D eigenvalue weighted by Gasteiger charge is -2.12. The second kappa shape index (κ2) is 5.78. The van der Waals surface area contributed by atoms with E-state index in [4.69, 9.17) is 5.73 Å². The summed E-state index contributed by atoms with van der Waals surface area (Å²) in [6, 6.07) is 5.54. The maximum absolute atomic E-state index is 12.2. The SMILES string of the molecule is CCC(CC)CNC(=O)c1c[nH]c2cc(N)ccc12. The van der Waals surface area contributed by atoms with Gasteiger partial charge in [0.2, 0.25) is 0 Å². The normalized spacial score (nSPS) is 11.1. The second-order valence-electron chi connectivity index (χ2n) is 4.90. The number of hydrogen-bond donors (Lipinski definition) is 3. The Morgan fingerprint density at radius 1 is 1.37 bits per heavy atom. The van der Waals surface area contributed by atoms with Gasteiger partial charge in [-0.25, -0.2) is 0 Å². The number of nitrogen functional groups attached to an aromatic ring is 1. The van der Waals surface area contributed by atoms with Crippen molar-refractivity contribution in [1.29, 1.82) is 0 Å². The van der Waals surface area contributed by atoms with Crippen LogP contribution in [-0.4, -0.2) is 17.4 Å². The maximum atomic E-state index is 12.2. The number of rotatable bonds is 5. The molecule has 4 N–H and O–H groups in total. The highest BCUT2D eigenvalue weighted by molar-refractivity contribution is 6.07. The van der Waals surface area contributed by atoms with Crippen LogP contribution >= 0.6 is 0 Å². The highest BCUT2D eigenvalue weighted by Gasteiger charge is 2.13. The molecule has 0 aliphatic rings. The fourth-order valence-electron chi connectivity index (χ4n) is 2.24. The van der Waals surface area contributed by atoms with Gasteiger partial charge in [-0.15, -0.1) is 0 Å². The Kier molecular flexibility index (Phi) is 4.10. The third-order valence-electron chi connectivity index (χ3n) is 3.66. The van der Waals surface area contributed by atoms with Crippen LogP contribution in [0.4, 0.5) is 5.69 Å². The van der Waals surface area contributed by atoms with E-state index in [1.54, 1.807) is 6.20 Å². The lowest BCUT2D eigenvalue weighted by Crippen LogP contribution is -2.28. The minimum absolute atomic E-state index is 0.0251. The molecule has 1 heterocycles. The second-order valence-corrected chi connectivity index (χ2v) is 4.90. The fraction of sp³-hybridized carbons (Fsp3) is 0.400. The van der Waals surface area contributed by atoms with Crippen molar-refractivity contribution in [3.63, 3.8) is 0 Å². The number of nitrogens with two attached hydrogens (primary N) is 1. The predicted octanol–water partition coefficient (Wildman–Crippen LogP) is 2.92. The van der Waals surface area contributed by atoms with Crippen molar-refractivity contribution >= 4 is 22.5 Å². The van der Waals surface area contributed by atoms with E-state index in [9.17, 15) is 4.79 Å². The van der Waals surface area contributed by atoms with E-state index in [2.05, 4.69) is 24.1 Å². The van der Waals surface area contributed by atoms with Crippen LogP contribution in [0.15, 0.2) is 24.4 Å². The molecule has 0 spiro atoms. The molecule has 102 valence electrons. The summed E-state index contributed by atoms with van der Waals surface area (Å²) in [5.74, 6) is 0.521. The molecule has 0 aliphatic carbocycles. The Morgan fingerprint density at radius 2 is 2.11 bits per heavy atom. The Morgan fingerprint density at radius 3 is 2.79 bits per heavy atom. The summed E-state index contributed by atoms with van der Waals surface area (Å²) in [5.41, 5.74) is 7.99. The zero-order chi connectivity index (χ0) is 13.8. The smallest absolute Gasteiger partial charge is 0.253 e. The number of aromatic amines is 1. The largest absolute Gasteiger partial charge is 0.399 e. The van der Waals surface area contributed by atoms with E-state index in [1.165, 1.54) is 0 Å². The number of fused-ring (bicyclic) bond motifs is 1. The molecule has 0 atom stereocenters. The van der Waals surface area contributed by atoms with Gasteiger partial charge in [0.1, 0.15) is 0 Å². The molecular weight excluding hydrogens is 238 g/mol. The molecular formula is C15H21N3O. The number of anilines is 1. The first kappa shape index (κ1) is 13.5. The van der Waals surface area contributed by atoms with Crippen LogP contribution < -0.4 is 11.1 Å². The van der Waals surface area contributed by atoms with Gasteiger partial charge in [-0.2, -0.15) is 0 Å². The summed E-state index contributed by atoms with van der Waals surface area (Å²) >= 11 is 0.